The van der Waals surface area contributed by atoms with Crippen LogP contribution in [0, 0.1) is 5.92 Å². The van der Waals surface area contributed by atoms with Crippen LogP contribution in [0.2, 0.25) is 0 Å². The van der Waals surface area contributed by atoms with E-state index in [0.29, 0.717) is 16.4 Å². The molecular formula is C24H28N6O3S. The fourth-order valence-corrected chi connectivity index (χ4v) is 5.28. The standard InChI is InChI=1S/C24H28N6O3S/c1-2-15-5-3-4-6-18(15)27-19(31)13-30-14-25-21-20(23(30)33)34-24(28-21)29-11-9-16(10-12-29)22(32)26-17-7-8-17/h3-6,14,16-17H,2,7-13H2,1H3,(H,26,32)(H,27,31). The molecule has 34 heavy (non-hydrogen) atoms. The number of thiazole rings is 1. The molecule has 178 valence electrons. The van der Waals surface area contributed by atoms with Gasteiger partial charge in [0, 0.05) is 30.7 Å². The normalized spacial score (nSPS) is 16.6. The molecule has 2 fully saturated rings. The minimum absolute atomic E-state index is 0.0398. The van der Waals surface area contributed by atoms with Crippen molar-refractivity contribution in [1.82, 2.24) is 19.9 Å². The highest BCUT2D eigenvalue weighted by Crippen LogP contribution is 2.30. The number of fused-ring (bicyclic) bond motifs is 1. The molecule has 0 radical (unpaired) electrons. The summed E-state index contributed by atoms with van der Waals surface area (Å²) >= 11 is 1.30. The molecule has 0 unspecified atom stereocenters. The lowest BCUT2D eigenvalue weighted by Crippen LogP contribution is -2.41. The molecule has 2 aliphatic rings. The topological polar surface area (TPSA) is 109 Å². The molecule has 1 saturated carbocycles. The maximum atomic E-state index is 13.0. The Hall–Kier alpha value is -3.27. The number of rotatable bonds is 7. The van der Waals surface area contributed by atoms with Gasteiger partial charge in [-0.05, 0) is 43.7 Å². The number of anilines is 2. The fourth-order valence-electron chi connectivity index (χ4n) is 4.26. The summed E-state index contributed by atoms with van der Waals surface area (Å²) in [6, 6.07) is 8.01. The molecule has 3 aromatic rings. The number of benzene rings is 1. The smallest absolute Gasteiger partial charge is 0.273 e. The van der Waals surface area contributed by atoms with Crippen LogP contribution < -0.4 is 21.1 Å². The van der Waals surface area contributed by atoms with Crippen molar-refractivity contribution in [3.8, 4) is 0 Å². The summed E-state index contributed by atoms with van der Waals surface area (Å²) in [7, 11) is 0. The van der Waals surface area contributed by atoms with Gasteiger partial charge in [0.05, 0.1) is 0 Å². The first kappa shape index (κ1) is 22.5. The van der Waals surface area contributed by atoms with Crippen molar-refractivity contribution in [1.29, 1.82) is 0 Å². The summed E-state index contributed by atoms with van der Waals surface area (Å²) in [6.07, 6.45) is 5.91. The summed E-state index contributed by atoms with van der Waals surface area (Å²) < 4.78 is 1.76. The summed E-state index contributed by atoms with van der Waals surface area (Å²) in [5, 5.41) is 6.72. The van der Waals surface area contributed by atoms with E-state index in [-0.39, 0.29) is 29.8 Å². The average Bonchev–Trinajstić information content (AvgIpc) is 3.55. The quantitative estimate of drug-likeness (QED) is 0.538. The highest BCUT2D eigenvalue weighted by molar-refractivity contribution is 7.22. The molecule has 2 N–H and O–H groups in total. The molecule has 10 heteroatoms. The second-order valence-corrected chi connectivity index (χ2v) is 9.91. The van der Waals surface area contributed by atoms with E-state index in [4.69, 9.17) is 0 Å². The Morgan fingerprint density at radius 1 is 1.15 bits per heavy atom. The van der Waals surface area contributed by atoms with Gasteiger partial charge in [-0.2, -0.15) is 4.98 Å². The van der Waals surface area contributed by atoms with Crippen LogP contribution in [0.4, 0.5) is 10.8 Å². The molecule has 3 heterocycles. The lowest BCUT2D eigenvalue weighted by Gasteiger charge is -2.30. The van der Waals surface area contributed by atoms with E-state index in [9.17, 15) is 14.4 Å². The van der Waals surface area contributed by atoms with Gasteiger partial charge in [-0.3, -0.25) is 19.0 Å². The van der Waals surface area contributed by atoms with E-state index in [1.165, 1.54) is 22.2 Å². The lowest BCUT2D eigenvalue weighted by molar-refractivity contribution is -0.125. The maximum absolute atomic E-state index is 13.0. The molecule has 1 aliphatic heterocycles. The van der Waals surface area contributed by atoms with Crippen molar-refractivity contribution < 1.29 is 9.59 Å². The van der Waals surface area contributed by atoms with E-state index in [1.54, 1.807) is 0 Å². The molecule has 0 atom stereocenters. The third-order valence-corrected chi connectivity index (χ3v) is 7.51. The van der Waals surface area contributed by atoms with E-state index in [2.05, 4.69) is 25.5 Å². The molecule has 2 amide bonds. The largest absolute Gasteiger partial charge is 0.353 e. The predicted molar refractivity (Wildman–Crippen MR) is 132 cm³/mol. The van der Waals surface area contributed by atoms with Gasteiger partial charge in [0.1, 0.15) is 17.6 Å². The van der Waals surface area contributed by atoms with Crippen molar-refractivity contribution in [2.24, 2.45) is 5.92 Å². The molecular weight excluding hydrogens is 452 g/mol. The highest BCUT2D eigenvalue weighted by Gasteiger charge is 2.30. The van der Waals surface area contributed by atoms with Gasteiger partial charge in [-0.25, -0.2) is 4.98 Å². The number of piperidine rings is 1. The zero-order valence-corrected chi connectivity index (χ0v) is 19.9. The summed E-state index contributed by atoms with van der Waals surface area (Å²) in [4.78, 5) is 48.9. The zero-order chi connectivity index (χ0) is 23.7. The van der Waals surface area contributed by atoms with Crippen LogP contribution in [0.1, 0.15) is 38.2 Å². The van der Waals surface area contributed by atoms with Crippen LogP contribution in [0.5, 0.6) is 0 Å². The lowest BCUT2D eigenvalue weighted by atomic mass is 9.96. The number of aromatic nitrogens is 3. The number of nitrogens with zero attached hydrogens (tertiary/aromatic N) is 4. The molecule has 1 aromatic carbocycles. The molecule has 1 aliphatic carbocycles. The van der Waals surface area contributed by atoms with Crippen molar-refractivity contribution in [2.45, 2.75) is 51.6 Å². The maximum Gasteiger partial charge on any atom is 0.273 e. The minimum Gasteiger partial charge on any atom is -0.353 e. The van der Waals surface area contributed by atoms with Crippen LogP contribution in [0.3, 0.4) is 0 Å². The van der Waals surface area contributed by atoms with Gasteiger partial charge in [-0.1, -0.05) is 36.5 Å². The number of amides is 2. The van der Waals surface area contributed by atoms with Crippen LogP contribution in [-0.4, -0.2) is 45.5 Å². The van der Waals surface area contributed by atoms with E-state index in [1.807, 2.05) is 31.2 Å². The number of carbonyl (C=O) groups is 2. The minimum atomic E-state index is -0.277. The first-order valence-electron chi connectivity index (χ1n) is 11.8. The highest BCUT2D eigenvalue weighted by atomic mass is 32.1. The Morgan fingerprint density at radius 2 is 1.91 bits per heavy atom. The second kappa shape index (κ2) is 9.54. The van der Waals surface area contributed by atoms with Crippen LogP contribution in [0.15, 0.2) is 35.4 Å². The van der Waals surface area contributed by atoms with Crippen LogP contribution in [-0.2, 0) is 22.6 Å². The third kappa shape index (κ3) is 4.82. The molecule has 0 bridgehead atoms. The summed E-state index contributed by atoms with van der Waals surface area (Å²) in [5.41, 5.74) is 1.92. The first-order valence-corrected chi connectivity index (χ1v) is 12.6. The number of aryl methyl sites for hydroxylation is 1. The first-order chi connectivity index (χ1) is 16.5. The van der Waals surface area contributed by atoms with Gasteiger partial charge in [0.2, 0.25) is 11.8 Å². The van der Waals surface area contributed by atoms with Gasteiger partial charge in [-0.15, -0.1) is 0 Å². The SMILES string of the molecule is CCc1ccccc1NC(=O)Cn1cnc2nc(N3CCC(C(=O)NC4CC4)CC3)sc2c1=O. The zero-order valence-electron chi connectivity index (χ0n) is 19.1. The number of hydrogen-bond acceptors (Lipinski definition) is 7. The molecule has 9 nitrogen and oxygen atoms in total. The second-order valence-electron chi connectivity index (χ2n) is 8.93. The van der Waals surface area contributed by atoms with Crippen molar-refractivity contribution in [2.75, 3.05) is 23.3 Å². The monoisotopic (exact) mass is 480 g/mol. The summed E-state index contributed by atoms with van der Waals surface area (Å²) in [5.74, 6) is -0.0748. The molecule has 1 saturated heterocycles. The van der Waals surface area contributed by atoms with E-state index < -0.39 is 0 Å². The fraction of sp³-hybridized carbons (Fsp3) is 0.458. The number of carbonyl (C=O) groups excluding carboxylic acids is 2. The van der Waals surface area contributed by atoms with Gasteiger partial charge >= 0.3 is 0 Å². The van der Waals surface area contributed by atoms with Crippen molar-refractivity contribution in [3.05, 3.63) is 46.5 Å². The Kier molecular flexibility index (Phi) is 6.32. The Labute approximate surface area is 201 Å². The molecule has 2 aromatic heterocycles. The Morgan fingerprint density at radius 3 is 2.65 bits per heavy atom. The van der Waals surface area contributed by atoms with Crippen LogP contribution >= 0.6 is 11.3 Å². The average molecular weight is 481 g/mol. The molecule has 5 rings (SSSR count). The number of hydrogen-bond donors (Lipinski definition) is 2. The van der Waals surface area contributed by atoms with Gasteiger partial charge in [0.15, 0.2) is 10.8 Å². The predicted octanol–water partition coefficient (Wildman–Crippen LogP) is 2.55. The van der Waals surface area contributed by atoms with Crippen molar-refractivity contribution in [3.63, 3.8) is 0 Å². The van der Waals surface area contributed by atoms with Crippen LogP contribution in [0.25, 0.3) is 10.3 Å². The Balaban J connectivity index is 1.25. The number of nitrogens with one attached hydrogen (secondary N) is 2. The summed E-state index contributed by atoms with van der Waals surface area (Å²) in [6.45, 7) is 3.35. The Bertz CT molecular complexity index is 1270. The van der Waals surface area contributed by atoms with E-state index in [0.717, 1.165) is 61.6 Å². The molecule has 0 spiro atoms. The van der Waals surface area contributed by atoms with Crippen molar-refractivity contribution >= 4 is 44.3 Å². The number of para-hydroxylation sites is 1. The van der Waals surface area contributed by atoms with Gasteiger partial charge in [0.25, 0.3) is 5.56 Å². The van der Waals surface area contributed by atoms with Gasteiger partial charge < -0.3 is 15.5 Å². The third-order valence-electron chi connectivity index (χ3n) is 6.42. The van der Waals surface area contributed by atoms with E-state index >= 15 is 0 Å².